The number of allylic oxidation sites excluding steroid dienone is 7. The number of carbonyl (C=O) groups excluding carboxylic acids is 2. The summed E-state index contributed by atoms with van der Waals surface area (Å²) in [6, 6.07) is 0. The quantitative estimate of drug-likeness (QED) is 0.216. The SMILES string of the molecule is C=C1C=CC=C2C1C(=O)C(C(=O)NCCN/C(N)=C/C=C(\C)O)=CN2CC1CC1. The Labute approximate surface area is 171 Å². The van der Waals surface area contributed by atoms with E-state index in [9.17, 15) is 9.59 Å². The minimum absolute atomic E-state index is 0.147. The van der Waals surface area contributed by atoms with Gasteiger partial charge in [-0.2, -0.15) is 0 Å². The Hall–Kier alpha value is -3.22. The zero-order valence-electron chi connectivity index (χ0n) is 16.6. The largest absolute Gasteiger partial charge is 0.513 e. The highest BCUT2D eigenvalue weighted by molar-refractivity contribution is 6.22. The van der Waals surface area contributed by atoms with Crippen LogP contribution in [0, 0.1) is 11.8 Å². The number of aliphatic hydroxyl groups is 1. The maximum atomic E-state index is 13.0. The van der Waals surface area contributed by atoms with Gasteiger partial charge in [-0.05, 0) is 49.5 Å². The van der Waals surface area contributed by atoms with Crippen molar-refractivity contribution in [3.8, 4) is 0 Å². The second-order valence-electron chi connectivity index (χ2n) is 7.57. The molecule has 0 spiro atoms. The normalized spacial score (nSPS) is 22.1. The first-order valence-electron chi connectivity index (χ1n) is 9.81. The third-order valence-electron chi connectivity index (χ3n) is 5.03. The molecule has 1 saturated carbocycles. The topological polar surface area (TPSA) is 108 Å². The molecule has 3 aliphatic rings. The van der Waals surface area contributed by atoms with E-state index in [2.05, 4.69) is 17.2 Å². The number of carbonyl (C=O) groups is 2. The van der Waals surface area contributed by atoms with E-state index in [-0.39, 0.29) is 17.1 Å². The fraction of sp³-hybridized carbons (Fsp3) is 0.364. The van der Waals surface area contributed by atoms with Crippen molar-refractivity contribution < 1.29 is 14.7 Å². The highest BCUT2D eigenvalue weighted by Gasteiger charge is 2.39. The zero-order valence-corrected chi connectivity index (χ0v) is 16.6. The molecule has 1 heterocycles. The number of nitrogens with zero attached hydrogens (tertiary/aromatic N) is 1. The Morgan fingerprint density at radius 1 is 1.34 bits per heavy atom. The number of ketones is 1. The number of amides is 1. The lowest BCUT2D eigenvalue weighted by molar-refractivity contribution is -0.124. The average Bonchev–Trinajstić information content (AvgIpc) is 3.49. The van der Waals surface area contributed by atoms with E-state index in [1.165, 1.54) is 25.0 Å². The average molecular weight is 396 g/mol. The fourth-order valence-electron chi connectivity index (χ4n) is 3.32. The van der Waals surface area contributed by atoms with Gasteiger partial charge >= 0.3 is 0 Å². The molecular formula is C22H28N4O3. The van der Waals surface area contributed by atoms with Crippen molar-refractivity contribution in [2.24, 2.45) is 17.6 Å². The molecule has 0 radical (unpaired) electrons. The number of hydrogen-bond acceptors (Lipinski definition) is 6. The Kier molecular flexibility index (Phi) is 6.26. The third-order valence-corrected chi connectivity index (χ3v) is 5.03. The van der Waals surface area contributed by atoms with Gasteiger partial charge in [-0.15, -0.1) is 0 Å². The number of Topliss-reactive ketones (excluding diaryl/α,β-unsaturated/α-hetero) is 1. The highest BCUT2D eigenvalue weighted by atomic mass is 16.3. The van der Waals surface area contributed by atoms with E-state index in [0.29, 0.717) is 30.4 Å². The number of fused-ring (bicyclic) bond motifs is 1. The molecule has 154 valence electrons. The van der Waals surface area contributed by atoms with E-state index in [0.717, 1.165) is 12.2 Å². The van der Waals surface area contributed by atoms with E-state index >= 15 is 0 Å². The molecule has 1 unspecified atom stereocenters. The van der Waals surface area contributed by atoms with E-state index < -0.39 is 11.8 Å². The number of hydrogen-bond donors (Lipinski definition) is 4. The highest BCUT2D eigenvalue weighted by Crippen LogP contribution is 2.38. The Morgan fingerprint density at radius 3 is 2.76 bits per heavy atom. The summed E-state index contributed by atoms with van der Waals surface area (Å²) in [5.74, 6) is 0.0268. The molecular weight excluding hydrogens is 368 g/mol. The summed E-state index contributed by atoms with van der Waals surface area (Å²) in [7, 11) is 0. The Bertz CT molecular complexity index is 855. The van der Waals surface area contributed by atoms with Crippen LogP contribution in [-0.2, 0) is 9.59 Å². The molecule has 0 saturated heterocycles. The van der Waals surface area contributed by atoms with Gasteiger partial charge in [-0.25, -0.2) is 0 Å². The van der Waals surface area contributed by atoms with Gasteiger partial charge in [0.1, 0.15) is 0 Å². The summed E-state index contributed by atoms with van der Waals surface area (Å²) in [5, 5.41) is 14.8. The minimum Gasteiger partial charge on any atom is -0.513 e. The van der Waals surface area contributed by atoms with Crippen molar-refractivity contribution in [3.05, 3.63) is 71.6 Å². The first-order chi connectivity index (χ1) is 13.9. The first-order valence-corrected chi connectivity index (χ1v) is 9.81. The molecule has 7 nitrogen and oxygen atoms in total. The molecule has 0 aromatic rings. The van der Waals surface area contributed by atoms with Gasteiger partial charge in [0.25, 0.3) is 5.91 Å². The van der Waals surface area contributed by atoms with Crippen LogP contribution in [0.4, 0.5) is 0 Å². The molecule has 1 fully saturated rings. The van der Waals surface area contributed by atoms with Crippen LogP contribution in [0.5, 0.6) is 0 Å². The minimum atomic E-state index is -0.491. The molecule has 0 bridgehead atoms. The van der Waals surface area contributed by atoms with Crippen molar-refractivity contribution in [1.82, 2.24) is 15.5 Å². The number of aliphatic hydroxyl groups excluding tert-OH is 1. The van der Waals surface area contributed by atoms with Crippen molar-refractivity contribution in [3.63, 3.8) is 0 Å². The summed E-state index contributed by atoms with van der Waals surface area (Å²) >= 11 is 0. The molecule has 0 aromatic heterocycles. The van der Waals surface area contributed by atoms with Gasteiger partial charge in [-0.1, -0.05) is 18.7 Å². The van der Waals surface area contributed by atoms with Crippen molar-refractivity contribution in [2.75, 3.05) is 19.6 Å². The molecule has 1 amide bonds. The van der Waals surface area contributed by atoms with E-state index in [1.807, 2.05) is 23.1 Å². The lowest BCUT2D eigenvalue weighted by atomic mass is 9.82. The van der Waals surface area contributed by atoms with Crippen LogP contribution >= 0.6 is 0 Å². The number of nitrogens with two attached hydrogens (primary N) is 1. The molecule has 1 aliphatic heterocycles. The summed E-state index contributed by atoms with van der Waals surface area (Å²) in [4.78, 5) is 27.7. The van der Waals surface area contributed by atoms with Crippen LogP contribution < -0.4 is 16.4 Å². The van der Waals surface area contributed by atoms with Gasteiger partial charge in [0.15, 0.2) is 5.78 Å². The lowest BCUT2D eigenvalue weighted by Crippen LogP contribution is -2.42. The number of nitrogens with one attached hydrogen (secondary N) is 2. The monoisotopic (exact) mass is 396 g/mol. The molecule has 7 heteroatoms. The Morgan fingerprint density at radius 2 is 2.07 bits per heavy atom. The van der Waals surface area contributed by atoms with Gasteiger partial charge in [0, 0.05) is 31.5 Å². The van der Waals surface area contributed by atoms with E-state index in [1.54, 1.807) is 13.1 Å². The van der Waals surface area contributed by atoms with Crippen LogP contribution in [0.3, 0.4) is 0 Å². The second-order valence-corrected chi connectivity index (χ2v) is 7.57. The first kappa shape index (κ1) is 20.5. The Balaban J connectivity index is 1.63. The predicted molar refractivity (Wildman–Crippen MR) is 112 cm³/mol. The van der Waals surface area contributed by atoms with Crippen LogP contribution in [-0.4, -0.2) is 41.3 Å². The standard InChI is InChI=1S/C22H28N4O3/c1-14-4-3-5-18-20(14)21(28)17(13-26(18)12-16-7-8-16)22(29)25-11-10-24-19(23)9-6-15(2)27/h3-6,9,13,16,20,24,27H,1,7-8,10-12,23H2,2H3,(H,25,29)/b15-6+,19-9+. The third kappa shape index (κ3) is 5.19. The van der Waals surface area contributed by atoms with Gasteiger partial charge < -0.3 is 26.4 Å². The maximum absolute atomic E-state index is 13.0. The van der Waals surface area contributed by atoms with Crippen LogP contribution in [0.2, 0.25) is 0 Å². The summed E-state index contributed by atoms with van der Waals surface area (Å²) in [6.45, 7) is 7.06. The molecule has 0 aromatic carbocycles. The van der Waals surface area contributed by atoms with Crippen molar-refractivity contribution >= 4 is 11.7 Å². The van der Waals surface area contributed by atoms with Crippen LogP contribution in [0.25, 0.3) is 0 Å². The predicted octanol–water partition coefficient (Wildman–Crippen LogP) is 1.76. The molecule has 29 heavy (non-hydrogen) atoms. The maximum Gasteiger partial charge on any atom is 0.256 e. The molecule has 5 N–H and O–H groups in total. The summed E-state index contributed by atoms with van der Waals surface area (Å²) in [5.41, 5.74) is 7.52. The smallest absolute Gasteiger partial charge is 0.256 e. The van der Waals surface area contributed by atoms with Gasteiger partial charge in [0.05, 0.1) is 23.1 Å². The number of rotatable bonds is 8. The summed E-state index contributed by atoms with van der Waals surface area (Å²) < 4.78 is 0. The van der Waals surface area contributed by atoms with E-state index in [4.69, 9.17) is 10.8 Å². The summed E-state index contributed by atoms with van der Waals surface area (Å²) in [6.07, 6.45) is 12.7. The molecule has 2 aliphatic carbocycles. The van der Waals surface area contributed by atoms with Gasteiger partial charge in [0.2, 0.25) is 0 Å². The second kappa shape index (κ2) is 8.86. The lowest BCUT2D eigenvalue weighted by Gasteiger charge is -2.36. The van der Waals surface area contributed by atoms with Crippen molar-refractivity contribution in [1.29, 1.82) is 0 Å². The molecule has 1 atom stereocenters. The van der Waals surface area contributed by atoms with Crippen molar-refractivity contribution in [2.45, 2.75) is 19.8 Å². The van der Waals surface area contributed by atoms with Crippen LogP contribution in [0.1, 0.15) is 19.8 Å². The molecule has 3 rings (SSSR count). The fourth-order valence-corrected chi connectivity index (χ4v) is 3.32. The van der Waals surface area contributed by atoms with Gasteiger partial charge in [-0.3, -0.25) is 9.59 Å². The van der Waals surface area contributed by atoms with Crippen LogP contribution in [0.15, 0.2) is 71.6 Å². The zero-order chi connectivity index (χ0) is 21.0.